The molecular weight excluding hydrogens is 568 g/mol. The van der Waals surface area contributed by atoms with Crippen molar-refractivity contribution >= 4 is 40.6 Å². The smallest absolute Gasteiger partial charge is 0.260 e. The van der Waals surface area contributed by atoms with Crippen molar-refractivity contribution in [3.8, 4) is 5.75 Å². The molecule has 0 saturated carbocycles. The van der Waals surface area contributed by atoms with E-state index in [0.717, 1.165) is 64.2 Å². The molecule has 0 aliphatic carbocycles. The molecule has 11 heteroatoms. The number of piperazine rings is 1. The number of hydrogen-bond donors (Lipinski definition) is 1. The minimum atomic E-state index is -0.104. The Hall–Kier alpha value is -4.22. The number of nitrogens with one attached hydrogen (secondary N) is 1. The highest BCUT2D eigenvalue weighted by Crippen LogP contribution is 2.41. The Bertz CT molecular complexity index is 1550. The number of likely N-dealkylation sites (tertiary alicyclic amines) is 1. The van der Waals surface area contributed by atoms with Gasteiger partial charge in [0, 0.05) is 64.0 Å². The van der Waals surface area contributed by atoms with Crippen LogP contribution < -0.4 is 19.9 Å². The number of benzene rings is 2. The van der Waals surface area contributed by atoms with Crippen molar-refractivity contribution in [2.24, 2.45) is 0 Å². The van der Waals surface area contributed by atoms with Gasteiger partial charge in [0.1, 0.15) is 11.4 Å². The Morgan fingerprint density at radius 1 is 1.02 bits per heavy atom. The Morgan fingerprint density at radius 2 is 1.76 bits per heavy atom. The van der Waals surface area contributed by atoms with Gasteiger partial charge in [-0.25, -0.2) is 4.98 Å². The topological polar surface area (TPSA) is 97.4 Å². The van der Waals surface area contributed by atoms with Gasteiger partial charge in [-0.3, -0.25) is 14.5 Å². The van der Waals surface area contributed by atoms with E-state index >= 15 is 0 Å². The van der Waals surface area contributed by atoms with Crippen molar-refractivity contribution in [3.63, 3.8) is 0 Å². The predicted octanol–water partition coefficient (Wildman–Crippen LogP) is 4.61. The number of fused-ring (bicyclic) bond motifs is 2. The third-order valence-corrected chi connectivity index (χ3v) is 9.57. The second kappa shape index (κ2) is 13.0. The zero-order chi connectivity index (χ0) is 31.7. The van der Waals surface area contributed by atoms with Crippen LogP contribution in [0, 0.1) is 0 Å². The number of para-hydroxylation sites is 1. The van der Waals surface area contributed by atoms with Gasteiger partial charge in [0.25, 0.3) is 11.8 Å². The van der Waals surface area contributed by atoms with Crippen LogP contribution in [0.4, 0.5) is 28.8 Å². The van der Waals surface area contributed by atoms with E-state index in [-0.39, 0.29) is 17.9 Å². The van der Waals surface area contributed by atoms with Gasteiger partial charge in [0.2, 0.25) is 5.95 Å². The van der Waals surface area contributed by atoms with Gasteiger partial charge in [-0.2, -0.15) is 4.98 Å². The fourth-order valence-corrected chi connectivity index (χ4v) is 6.59. The molecule has 3 aliphatic heterocycles. The molecule has 1 N–H and O–H groups in total. The van der Waals surface area contributed by atoms with Gasteiger partial charge in [-0.1, -0.05) is 19.1 Å². The highest BCUT2D eigenvalue weighted by molar-refractivity contribution is 6.13. The van der Waals surface area contributed by atoms with Gasteiger partial charge in [0.05, 0.1) is 30.2 Å². The van der Waals surface area contributed by atoms with Gasteiger partial charge in [-0.05, 0) is 63.6 Å². The molecule has 238 valence electrons. The van der Waals surface area contributed by atoms with E-state index in [9.17, 15) is 9.59 Å². The highest BCUT2D eigenvalue weighted by atomic mass is 16.5. The molecule has 2 fully saturated rings. The van der Waals surface area contributed by atoms with E-state index in [2.05, 4.69) is 45.9 Å². The van der Waals surface area contributed by atoms with E-state index in [1.807, 2.05) is 41.3 Å². The van der Waals surface area contributed by atoms with Gasteiger partial charge >= 0.3 is 0 Å². The lowest BCUT2D eigenvalue weighted by atomic mass is 10.0. The lowest BCUT2D eigenvalue weighted by molar-refractivity contribution is 0.0518. The Morgan fingerprint density at radius 3 is 2.47 bits per heavy atom. The molecule has 45 heavy (non-hydrogen) atoms. The van der Waals surface area contributed by atoms with Crippen molar-refractivity contribution < 1.29 is 14.3 Å². The number of methoxy groups -OCH3 is 1. The van der Waals surface area contributed by atoms with Crippen molar-refractivity contribution in [2.75, 3.05) is 75.6 Å². The maximum absolute atomic E-state index is 13.5. The summed E-state index contributed by atoms with van der Waals surface area (Å²) in [6.45, 7) is 10.2. The number of piperidine rings is 1. The molecular formula is C34H44N8O3. The minimum absolute atomic E-state index is 0.0218. The summed E-state index contributed by atoms with van der Waals surface area (Å²) in [6.07, 6.45) is 4.54. The summed E-state index contributed by atoms with van der Waals surface area (Å²) in [6, 6.07) is 13.7. The molecule has 0 bridgehead atoms. The van der Waals surface area contributed by atoms with Crippen LogP contribution in [0.5, 0.6) is 5.75 Å². The van der Waals surface area contributed by atoms with Crippen molar-refractivity contribution in [2.45, 2.75) is 45.2 Å². The lowest BCUT2D eigenvalue weighted by Crippen LogP contribution is -2.52. The predicted molar refractivity (Wildman–Crippen MR) is 177 cm³/mol. The molecule has 0 radical (unpaired) electrons. The first kappa shape index (κ1) is 30.8. The number of carbonyl (C=O) groups excluding carboxylic acids is 2. The Balaban J connectivity index is 1.21. The lowest BCUT2D eigenvalue weighted by Gasteiger charge is -2.42. The summed E-state index contributed by atoms with van der Waals surface area (Å²) in [5.41, 5.74) is 3.32. The normalized spacial score (nSPS) is 18.7. The SMILES string of the molecule is CC[C@@H](C)N1c2ccccc2C(=O)N(C)c2cnc(Nc3ccc(C(=O)N4CCC(N5CCN(C)CC5)CC4)cc3OC)nc21. The summed E-state index contributed by atoms with van der Waals surface area (Å²) in [7, 11) is 5.52. The summed E-state index contributed by atoms with van der Waals surface area (Å²) in [5, 5.41) is 3.30. The van der Waals surface area contributed by atoms with Crippen molar-refractivity contribution in [1.82, 2.24) is 24.7 Å². The fourth-order valence-electron chi connectivity index (χ4n) is 6.59. The van der Waals surface area contributed by atoms with Crippen LogP contribution in [-0.4, -0.2) is 109 Å². The maximum atomic E-state index is 13.5. The van der Waals surface area contributed by atoms with Gasteiger partial charge in [-0.15, -0.1) is 0 Å². The van der Waals surface area contributed by atoms with Crippen molar-refractivity contribution in [3.05, 3.63) is 59.8 Å². The molecule has 6 rings (SSSR count). The number of carbonyl (C=O) groups is 2. The summed E-state index contributed by atoms with van der Waals surface area (Å²) < 4.78 is 5.73. The van der Waals surface area contributed by atoms with E-state index in [0.29, 0.717) is 46.1 Å². The number of nitrogens with zero attached hydrogens (tertiary/aromatic N) is 7. The van der Waals surface area contributed by atoms with Crippen LogP contribution in [-0.2, 0) is 0 Å². The van der Waals surface area contributed by atoms with E-state index in [1.54, 1.807) is 31.3 Å². The average molecular weight is 613 g/mol. The quantitative estimate of drug-likeness (QED) is 0.410. The van der Waals surface area contributed by atoms with Crippen LogP contribution >= 0.6 is 0 Å². The fraction of sp³-hybridized carbons (Fsp3) is 0.471. The number of aromatic nitrogens is 2. The zero-order valence-corrected chi connectivity index (χ0v) is 27.0. The Labute approximate surface area is 265 Å². The maximum Gasteiger partial charge on any atom is 0.260 e. The molecule has 2 aromatic carbocycles. The monoisotopic (exact) mass is 612 g/mol. The van der Waals surface area contributed by atoms with Crippen LogP contribution in [0.25, 0.3) is 0 Å². The van der Waals surface area contributed by atoms with Gasteiger partial charge < -0.3 is 29.7 Å². The zero-order valence-electron chi connectivity index (χ0n) is 27.0. The number of hydrogen-bond acceptors (Lipinski definition) is 9. The van der Waals surface area contributed by atoms with Crippen LogP contribution in [0.1, 0.15) is 53.8 Å². The molecule has 2 amide bonds. The second-order valence-electron chi connectivity index (χ2n) is 12.3. The minimum Gasteiger partial charge on any atom is -0.495 e. The molecule has 1 aromatic heterocycles. The van der Waals surface area contributed by atoms with Gasteiger partial charge in [0.15, 0.2) is 5.82 Å². The van der Waals surface area contributed by atoms with Crippen LogP contribution in [0.3, 0.4) is 0 Å². The first-order valence-electron chi connectivity index (χ1n) is 16.0. The summed E-state index contributed by atoms with van der Waals surface area (Å²) >= 11 is 0. The summed E-state index contributed by atoms with van der Waals surface area (Å²) in [4.78, 5) is 47.1. The first-order chi connectivity index (χ1) is 21.8. The van der Waals surface area contributed by atoms with E-state index in [4.69, 9.17) is 9.72 Å². The summed E-state index contributed by atoms with van der Waals surface area (Å²) in [5.74, 6) is 1.46. The number of amides is 2. The number of rotatable bonds is 7. The largest absolute Gasteiger partial charge is 0.495 e. The second-order valence-corrected chi connectivity index (χ2v) is 12.3. The molecule has 0 spiro atoms. The van der Waals surface area contributed by atoms with Crippen LogP contribution in [0.2, 0.25) is 0 Å². The standard InChI is InChI=1S/C34H44N8O3/c1-6-23(2)42-28-10-8-7-9-26(28)33(44)39(4)29-22-35-34(37-31(29)42)36-27-12-11-24(21-30(27)45-5)32(43)41-15-13-25(14-16-41)40-19-17-38(3)18-20-40/h7-12,21-23,25H,6,13-20H2,1-5H3,(H,35,36,37)/t23-/m1/s1. The Kier molecular flexibility index (Phi) is 8.91. The number of likely N-dealkylation sites (N-methyl/N-ethyl adjacent to an activating group) is 1. The molecule has 3 aromatic rings. The average Bonchev–Trinajstić information content (AvgIpc) is 3.16. The molecule has 4 heterocycles. The molecule has 2 saturated heterocycles. The van der Waals surface area contributed by atoms with E-state index < -0.39 is 0 Å². The van der Waals surface area contributed by atoms with E-state index in [1.165, 1.54) is 0 Å². The highest BCUT2D eigenvalue weighted by Gasteiger charge is 2.33. The first-order valence-corrected chi connectivity index (χ1v) is 16.0. The number of ether oxygens (including phenoxy) is 1. The number of anilines is 5. The van der Waals surface area contributed by atoms with Crippen LogP contribution in [0.15, 0.2) is 48.7 Å². The molecule has 1 atom stereocenters. The third kappa shape index (κ3) is 6.06. The van der Waals surface area contributed by atoms with Crippen molar-refractivity contribution in [1.29, 1.82) is 0 Å². The third-order valence-electron chi connectivity index (χ3n) is 9.57. The molecule has 0 unspecified atom stereocenters. The molecule has 11 nitrogen and oxygen atoms in total. The molecule has 3 aliphatic rings.